The van der Waals surface area contributed by atoms with Crippen LogP contribution in [0, 0.1) is 0 Å². The summed E-state index contributed by atoms with van der Waals surface area (Å²) < 4.78 is 25.2. The molecule has 0 spiro atoms. The van der Waals surface area contributed by atoms with Gasteiger partial charge in [-0.05, 0) is 48.5 Å². The van der Waals surface area contributed by atoms with E-state index in [9.17, 15) is 18.0 Å². The molecule has 6 nitrogen and oxygen atoms in total. The standard InChI is InChI=1S/C16H14Br2N2O4S/c17-9-15(21)19-11-1-5-13(6-2-11)25(23,24)14-7-3-12(4-8-14)20-16(22)10-18/h1-8H,9-10H2,(H,19,21)(H,20,22). The van der Waals surface area contributed by atoms with E-state index in [0.717, 1.165) is 0 Å². The molecular formula is C16H14Br2N2O4S. The third-order valence-electron chi connectivity index (χ3n) is 3.14. The van der Waals surface area contributed by atoms with Crippen LogP contribution in [0.4, 0.5) is 11.4 Å². The summed E-state index contributed by atoms with van der Waals surface area (Å²) in [5.41, 5.74) is 1.02. The van der Waals surface area contributed by atoms with Crippen LogP contribution in [-0.2, 0) is 19.4 Å². The molecule has 0 aliphatic rings. The van der Waals surface area contributed by atoms with Crippen molar-refractivity contribution in [2.45, 2.75) is 9.79 Å². The Bertz CT molecular complexity index is 799. The quantitative estimate of drug-likeness (QED) is 0.609. The second kappa shape index (κ2) is 8.59. The van der Waals surface area contributed by atoms with Crippen molar-refractivity contribution < 1.29 is 18.0 Å². The maximum absolute atomic E-state index is 12.6. The van der Waals surface area contributed by atoms with Gasteiger partial charge in [-0.1, -0.05) is 31.9 Å². The molecule has 0 heterocycles. The first-order valence-electron chi connectivity index (χ1n) is 7.03. The lowest BCUT2D eigenvalue weighted by Crippen LogP contribution is -2.12. The number of rotatable bonds is 6. The van der Waals surface area contributed by atoms with Gasteiger partial charge in [0.1, 0.15) is 0 Å². The molecule has 0 radical (unpaired) electrons. The number of alkyl halides is 2. The highest BCUT2D eigenvalue weighted by Gasteiger charge is 2.17. The SMILES string of the molecule is O=C(CBr)Nc1ccc(S(=O)(=O)c2ccc(NC(=O)CBr)cc2)cc1. The van der Waals surface area contributed by atoms with Gasteiger partial charge in [-0.2, -0.15) is 0 Å². The second-order valence-electron chi connectivity index (χ2n) is 4.92. The fourth-order valence-corrected chi connectivity index (χ4v) is 3.50. The molecule has 2 rings (SSSR count). The van der Waals surface area contributed by atoms with Crippen molar-refractivity contribution in [3.8, 4) is 0 Å². The third-order valence-corrected chi connectivity index (χ3v) is 5.94. The Hall–Kier alpha value is -1.71. The lowest BCUT2D eigenvalue weighted by Gasteiger charge is -2.08. The van der Waals surface area contributed by atoms with Crippen LogP contribution in [-0.4, -0.2) is 30.9 Å². The van der Waals surface area contributed by atoms with Gasteiger partial charge in [0.05, 0.1) is 20.5 Å². The highest BCUT2D eigenvalue weighted by atomic mass is 79.9. The first-order chi connectivity index (χ1) is 11.9. The van der Waals surface area contributed by atoms with Crippen LogP contribution in [0.2, 0.25) is 0 Å². The molecular weight excluding hydrogens is 476 g/mol. The Morgan fingerprint density at radius 1 is 0.720 bits per heavy atom. The van der Waals surface area contributed by atoms with Crippen molar-refractivity contribution >= 4 is 64.9 Å². The number of hydrogen-bond donors (Lipinski definition) is 2. The van der Waals surface area contributed by atoms with Crippen LogP contribution in [0.3, 0.4) is 0 Å². The van der Waals surface area contributed by atoms with E-state index in [-0.39, 0.29) is 32.3 Å². The molecule has 2 N–H and O–H groups in total. The second-order valence-corrected chi connectivity index (χ2v) is 7.99. The summed E-state index contributed by atoms with van der Waals surface area (Å²) >= 11 is 6.07. The minimum absolute atomic E-state index is 0.113. The van der Waals surface area contributed by atoms with Crippen molar-refractivity contribution in [3.63, 3.8) is 0 Å². The van der Waals surface area contributed by atoms with Crippen LogP contribution >= 0.6 is 31.9 Å². The summed E-state index contributed by atoms with van der Waals surface area (Å²) in [4.78, 5) is 22.8. The number of halogens is 2. The fourth-order valence-electron chi connectivity index (χ4n) is 1.96. The molecule has 2 aromatic carbocycles. The van der Waals surface area contributed by atoms with Crippen molar-refractivity contribution in [3.05, 3.63) is 48.5 Å². The zero-order valence-corrected chi connectivity index (χ0v) is 16.8. The van der Waals surface area contributed by atoms with Gasteiger partial charge in [-0.3, -0.25) is 9.59 Å². The molecule has 2 amide bonds. The fraction of sp³-hybridized carbons (Fsp3) is 0.125. The maximum Gasteiger partial charge on any atom is 0.235 e. The summed E-state index contributed by atoms with van der Waals surface area (Å²) in [7, 11) is -3.68. The van der Waals surface area contributed by atoms with E-state index in [1.165, 1.54) is 48.5 Å². The summed E-state index contributed by atoms with van der Waals surface area (Å²) in [5, 5.41) is 5.55. The minimum atomic E-state index is -3.68. The van der Waals surface area contributed by atoms with Crippen LogP contribution in [0.25, 0.3) is 0 Å². The molecule has 132 valence electrons. The predicted octanol–water partition coefficient (Wildman–Crippen LogP) is 3.19. The molecule has 25 heavy (non-hydrogen) atoms. The van der Waals surface area contributed by atoms with Gasteiger partial charge in [0.15, 0.2) is 0 Å². The van der Waals surface area contributed by atoms with E-state index in [1.54, 1.807) is 0 Å². The first-order valence-corrected chi connectivity index (χ1v) is 10.8. The Morgan fingerprint density at radius 2 is 1.04 bits per heavy atom. The highest BCUT2D eigenvalue weighted by molar-refractivity contribution is 9.09. The van der Waals surface area contributed by atoms with Gasteiger partial charge in [-0.15, -0.1) is 0 Å². The smallest absolute Gasteiger partial charge is 0.235 e. The maximum atomic E-state index is 12.6. The van der Waals surface area contributed by atoms with Crippen molar-refractivity contribution in [1.29, 1.82) is 0 Å². The van der Waals surface area contributed by atoms with E-state index < -0.39 is 9.84 Å². The number of hydrogen-bond acceptors (Lipinski definition) is 4. The molecule has 0 fully saturated rings. The lowest BCUT2D eigenvalue weighted by molar-refractivity contribution is -0.114. The first kappa shape index (κ1) is 19.6. The number of amides is 2. The Morgan fingerprint density at radius 3 is 1.32 bits per heavy atom. The molecule has 9 heteroatoms. The molecule has 0 aliphatic heterocycles. The number of nitrogens with one attached hydrogen (secondary N) is 2. The van der Waals surface area contributed by atoms with Crippen LogP contribution in [0.1, 0.15) is 0 Å². The molecule has 0 aliphatic carbocycles. The van der Waals surface area contributed by atoms with E-state index in [0.29, 0.717) is 11.4 Å². The van der Waals surface area contributed by atoms with Gasteiger partial charge < -0.3 is 10.6 Å². The average molecular weight is 490 g/mol. The van der Waals surface area contributed by atoms with Crippen LogP contribution in [0.5, 0.6) is 0 Å². The van der Waals surface area contributed by atoms with E-state index in [1.807, 2.05) is 0 Å². The number of carbonyl (C=O) groups excluding carboxylic acids is 2. The molecule has 2 aromatic rings. The largest absolute Gasteiger partial charge is 0.325 e. The summed E-state index contributed by atoms with van der Waals surface area (Å²) in [5.74, 6) is -0.451. The van der Waals surface area contributed by atoms with Crippen molar-refractivity contribution in [1.82, 2.24) is 0 Å². The van der Waals surface area contributed by atoms with Crippen LogP contribution < -0.4 is 10.6 Å². The summed E-state index contributed by atoms with van der Waals surface area (Å²) in [6, 6.07) is 11.8. The number of benzene rings is 2. The number of anilines is 2. The molecule has 0 bridgehead atoms. The van der Waals surface area contributed by atoms with Gasteiger partial charge >= 0.3 is 0 Å². The minimum Gasteiger partial charge on any atom is -0.325 e. The van der Waals surface area contributed by atoms with E-state index >= 15 is 0 Å². The molecule has 0 saturated heterocycles. The van der Waals surface area contributed by atoms with Crippen molar-refractivity contribution in [2.24, 2.45) is 0 Å². The van der Waals surface area contributed by atoms with Gasteiger partial charge in [0.2, 0.25) is 21.7 Å². The van der Waals surface area contributed by atoms with Gasteiger partial charge in [0, 0.05) is 11.4 Å². The van der Waals surface area contributed by atoms with E-state index in [4.69, 9.17) is 0 Å². The summed E-state index contributed by atoms with van der Waals surface area (Å²) in [6.45, 7) is 0. The molecule has 0 atom stereocenters. The van der Waals surface area contributed by atoms with Gasteiger partial charge in [0.25, 0.3) is 0 Å². The molecule has 0 saturated carbocycles. The number of carbonyl (C=O) groups is 2. The topological polar surface area (TPSA) is 92.3 Å². The molecule has 0 unspecified atom stereocenters. The monoisotopic (exact) mass is 488 g/mol. The number of sulfone groups is 1. The van der Waals surface area contributed by atoms with E-state index in [2.05, 4.69) is 42.5 Å². The Kier molecular flexibility index (Phi) is 6.74. The molecule has 0 aromatic heterocycles. The van der Waals surface area contributed by atoms with Crippen molar-refractivity contribution in [2.75, 3.05) is 21.3 Å². The predicted molar refractivity (Wildman–Crippen MR) is 103 cm³/mol. The normalized spacial score (nSPS) is 11.0. The Balaban J connectivity index is 2.20. The Labute approximate surface area is 162 Å². The van der Waals surface area contributed by atoms with Gasteiger partial charge in [-0.25, -0.2) is 8.42 Å². The zero-order valence-electron chi connectivity index (χ0n) is 12.8. The van der Waals surface area contributed by atoms with Crippen LogP contribution in [0.15, 0.2) is 58.3 Å². The lowest BCUT2D eigenvalue weighted by atomic mass is 10.3. The zero-order chi connectivity index (χ0) is 18.4. The third kappa shape index (κ3) is 5.13. The summed E-state index contributed by atoms with van der Waals surface area (Å²) in [6.07, 6.45) is 0. The highest BCUT2D eigenvalue weighted by Crippen LogP contribution is 2.23. The average Bonchev–Trinajstić information content (AvgIpc) is 2.62.